The van der Waals surface area contributed by atoms with Crippen LogP contribution < -0.4 is 0 Å². The summed E-state index contributed by atoms with van der Waals surface area (Å²) in [7, 11) is 0. The molecule has 0 atom stereocenters. The van der Waals surface area contributed by atoms with Gasteiger partial charge in [0, 0.05) is 5.57 Å². The van der Waals surface area contributed by atoms with Crippen LogP contribution in [0.4, 0.5) is 0 Å². The molecule has 2 rings (SSSR count). The molecule has 2 heterocycles. The van der Waals surface area contributed by atoms with Crippen LogP contribution in [0.15, 0.2) is 22.4 Å². The third kappa shape index (κ3) is 1.59. The summed E-state index contributed by atoms with van der Waals surface area (Å²) in [6, 6.07) is 1.96. The second-order valence-electron chi connectivity index (χ2n) is 5.33. The molecule has 1 radical (unpaired) electrons. The van der Waals surface area contributed by atoms with Gasteiger partial charge in [-0.05, 0) is 55.7 Å². The van der Waals surface area contributed by atoms with Crippen molar-refractivity contribution < 1.29 is 10.0 Å². The van der Waals surface area contributed by atoms with Gasteiger partial charge in [-0.2, -0.15) is 11.3 Å². The van der Waals surface area contributed by atoms with Gasteiger partial charge in [-0.25, -0.2) is 0 Å². The van der Waals surface area contributed by atoms with Crippen molar-refractivity contribution in [1.82, 2.24) is 5.06 Å². The van der Waals surface area contributed by atoms with Crippen LogP contribution in [0.5, 0.6) is 0 Å². The fourth-order valence-electron chi connectivity index (χ4n) is 2.66. The highest BCUT2D eigenvalue weighted by Crippen LogP contribution is 2.48. The van der Waals surface area contributed by atoms with Crippen molar-refractivity contribution in [3.05, 3.63) is 28.0 Å². The Bertz CT molecular complexity index is 472. The summed E-state index contributed by atoms with van der Waals surface area (Å²) in [5.74, 6) is 0. The van der Waals surface area contributed by atoms with E-state index < -0.39 is 11.1 Å². The molecule has 4 heteroatoms. The Labute approximate surface area is 105 Å². The molecular formula is C13H16NO2S. The van der Waals surface area contributed by atoms with Gasteiger partial charge in [0.2, 0.25) is 0 Å². The van der Waals surface area contributed by atoms with Crippen LogP contribution >= 0.6 is 11.3 Å². The first-order valence-corrected chi connectivity index (χ1v) is 6.48. The standard InChI is InChI=1S/C13H16NO2S/c1-12(2)10(7-15)11(9-5-6-17-8-9)13(3,4)14(12)16/h5-8H,1-4H3. The zero-order chi connectivity index (χ0) is 12.8. The average molecular weight is 250 g/mol. The third-order valence-corrected chi connectivity index (χ3v) is 4.17. The smallest absolute Gasteiger partial charge is 0.148 e. The molecule has 1 aromatic heterocycles. The molecule has 0 aromatic carbocycles. The van der Waals surface area contributed by atoms with E-state index in [0.29, 0.717) is 5.57 Å². The summed E-state index contributed by atoms with van der Waals surface area (Å²) in [5, 5.41) is 17.3. The lowest BCUT2D eigenvalue weighted by Crippen LogP contribution is -2.47. The molecule has 0 amide bonds. The molecule has 1 aromatic rings. The van der Waals surface area contributed by atoms with Crippen LogP contribution in [-0.4, -0.2) is 22.4 Å². The van der Waals surface area contributed by atoms with Crippen molar-refractivity contribution >= 4 is 23.2 Å². The molecule has 3 nitrogen and oxygen atoms in total. The number of hydrogen-bond acceptors (Lipinski definition) is 3. The van der Waals surface area contributed by atoms with Crippen molar-refractivity contribution in [1.29, 1.82) is 0 Å². The van der Waals surface area contributed by atoms with E-state index in [1.54, 1.807) is 25.2 Å². The molecule has 17 heavy (non-hydrogen) atoms. The maximum absolute atomic E-state index is 12.3. The van der Waals surface area contributed by atoms with Crippen LogP contribution in [0.1, 0.15) is 33.3 Å². The second kappa shape index (κ2) is 3.77. The minimum absolute atomic E-state index is 0.593. The van der Waals surface area contributed by atoms with Gasteiger partial charge in [-0.1, -0.05) is 0 Å². The van der Waals surface area contributed by atoms with Crippen molar-refractivity contribution in [2.45, 2.75) is 38.8 Å². The van der Waals surface area contributed by atoms with E-state index in [4.69, 9.17) is 0 Å². The van der Waals surface area contributed by atoms with Crippen molar-refractivity contribution in [3.63, 3.8) is 0 Å². The first kappa shape index (κ1) is 12.5. The molecule has 0 aliphatic carbocycles. The predicted molar refractivity (Wildman–Crippen MR) is 68.0 cm³/mol. The molecule has 0 bridgehead atoms. The van der Waals surface area contributed by atoms with Gasteiger partial charge in [0.05, 0.1) is 11.1 Å². The van der Waals surface area contributed by atoms with Gasteiger partial charge in [-0.3, -0.25) is 4.79 Å². The summed E-state index contributed by atoms with van der Waals surface area (Å²) in [6.07, 6.45) is 0.826. The molecule has 1 aliphatic heterocycles. The van der Waals surface area contributed by atoms with Crippen molar-refractivity contribution in [2.24, 2.45) is 0 Å². The van der Waals surface area contributed by atoms with Crippen LogP contribution in [0.2, 0.25) is 0 Å². The number of thiophene rings is 1. The third-order valence-electron chi connectivity index (χ3n) is 3.48. The van der Waals surface area contributed by atoms with E-state index in [9.17, 15) is 10.0 Å². The molecule has 0 fully saturated rings. The topological polar surface area (TPSA) is 40.2 Å². The van der Waals surface area contributed by atoms with Crippen molar-refractivity contribution in [3.8, 4) is 0 Å². The Hall–Kier alpha value is -0.970. The van der Waals surface area contributed by atoms with E-state index in [2.05, 4.69) is 0 Å². The van der Waals surface area contributed by atoms with Gasteiger partial charge in [0.15, 0.2) is 0 Å². The van der Waals surface area contributed by atoms with Crippen LogP contribution in [0.25, 0.3) is 5.57 Å². The zero-order valence-electron chi connectivity index (χ0n) is 10.5. The number of nitrogens with zero attached hydrogens (tertiary/aromatic N) is 1. The maximum atomic E-state index is 12.3. The lowest BCUT2D eigenvalue weighted by atomic mass is 9.88. The minimum atomic E-state index is -0.761. The van der Waals surface area contributed by atoms with E-state index in [1.165, 1.54) is 0 Å². The maximum Gasteiger partial charge on any atom is 0.148 e. The molecule has 0 saturated heterocycles. The Kier molecular flexibility index (Phi) is 2.77. The van der Waals surface area contributed by atoms with Gasteiger partial charge in [0.1, 0.15) is 6.29 Å². The molecule has 0 spiro atoms. The second-order valence-corrected chi connectivity index (χ2v) is 6.11. The SMILES string of the molecule is CC1(C)C(C=O)=C(c2ccsc2)C(C)(C)N1[O]. The van der Waals surface area contributed by atoms with Gasteiger partial charge >= 0.3 is 0 Å². The fraction of sp³-hybridized carbons (Fsp3) is 0.462. The molecule has 0 saturated carbocycles. The van der Waals surface area contributed by atoms with Gasteiger partial charge < -0.3 is 0 Å². The number of hydroxylamine groups is 2. The number of hydrogen-bond donors (Lipinski definition) is 0. The number of carbonyl (C=O) groups excluding carboxylic acids is 1. The summed E-state index contributed by atoms with van der Waals surface area (Å²) < 4.78 is 0. The predicted octanol–water partition coefficient (Wildman–Crippen LogP) is 2.92. The molecule has 91 valence electrons. The number of aldehydes is 1. The number of carbonyl (C=O) groups is 1. The normalized spacial score (nSPS) is 23.1. The average Bonchev–Trinajstić information content (AvgIpc) is 2.79. The lowest BCUT2D eigenvalue weighted by molar-refractivity contribution is -0.236. The molecular weight excluding hydrogens is 234 g/mol. The Balaban J connectivity index is 2.70. The lowest BCUT2D eigenvalue weighted by Gasteiger charge is -2.34. The van der Waals surface area contributed by atoms with Gasteiger partial charge in [0.25, 0.3) is 0 Å². The Morgan fingerprint density at radius 1 is 1.24 bits per heavy atom. The van der Waals surface area contributed by atoms with E-state index >= 15 is 0 Å². The van der Waals surface area contributed by atoms with Crippen molar-refractivity contribution in [2.75, 3.05) is 0 Å². The highest BCUT2D eigenvalue weighted by atomic mass is 32.1. The number of rotatable bonds is 2. The van der Waals surface area contributed by atoms with Crippen LogP contribution in [0.3, 0.4) is 0 Å². The Morgan fingerprint density at radius 2 is 1.88 bits per heavy atom. The summed E-state index contributed by atoms with van der Waals surface area (Å²) in [4.78, 5) is 11.3. The van der Waals surface area contributed by atoms with Crippen LogP contribution in [-0.2, 0) is 10.0 Å². The minimum Gasteiger partial charge on any atom is -0.298 e. The molecule has 0 N–H and O–H groups in total. The molecule has 1 aliphatic rings. The van der Waals surface area contributed by atoms with E-state index in [0.717, 1.165) is 22.5 Å². The first-order valence-electron chi connectivity index (χ1n) is 5.54. The van der Waals surface area contributed by atoms with Gasteiger partial charge in [-0.15, -0.1) is 10.3 Å². The van der Waals surface area contributed by atoms with Crippen LogP contribution in [0, 0.1) is 0 Å². The Morgan fingerprint density at radius 3 is 2.35 bits per heavy atom. The molecule has 0 unspecified atom stereocenters. The quantitative estimate of drug-likeness (QED) is 0.757. The summed E-state index contributed by atoms with van der Waals surface area (Å²) >= 11 is 1.57. The fourth-order valence-corrected chi connectivity index (χ4v) is 3.31. The highest BCUT2D eigenvalue weighted by Gasteiger charge is 2.52. The highest BCUT2D eigenvalue weighted by molar-refractivity contribution is 7.08. The van der Waals surface area contributed by atoms with E-state index in [-0.39, 0.29) is 0 Å². The largest absolute Gasteiger partial charge is 0.298 e. The summed E-state index contributed by atoms with van der Waals surface area (Å²) in [6.45, 7) is 7.33. The van der Waals surface area contributed by atoms with E-state index in [1.807, 2.05) is 30.7 Å². The summed E-state index contributed by atoms with van der Waals surface area (Å²) in [5.41, 5.74) is 1.00. The monoisotopic (exact) mass is 250 g/mol. The first-order chi connectivity index (χ1) is 7.83. The zero-order valence-corrected chi connectivity index (χ0v) is 11.3.